The first kappa shape index (κ1) is 28.3. The molecule has 0 spiro atoms. The molecule has 2 aliphatic rings. The van der Waals surface area contributed by atoms with Gasteiger partial charge in [-0.1, -0.05) is 11.8 Å². The standard InChI is InChI=1S/C21H23N7O6S4/c22-10(4-29)6-35-5-9-3-24-2-1-12(9)38-13-8-36-19-15(18(31)28(19)16(13)20(32)33)26-17(30)14(27-34)11-7-37-21(23)25-11/h1-3,7,10,14-15,19,29H,4-6,8,22H2,(H2,23,25)(H,26,30)(H,32,33)/t10?,14?,15-,19+/m1/s1. The van der Waals surface area contributed by atoms with Crippen LogP contribution in [0.25, 0.3) is 0 Å². The second kappa shape index (κ2) is 12.4. The number of aliphatic carboxylic acids is 1. The summed E-state index contributed by atoms with van der Waals surface area (Å²) in [4.78, 5) is 59.7. The van der Waals surface area contributed by atoms with Crippen molar-refractivity contribution in [1.82, 2.24) is 20.2 Å². The normalized spacial score (nSPS) is 20.4. The summed E-state index contributed by atoms with van der Waals surface area (Å²) in [5.41, 5.74) is 12.1. The van der Waals surface area contributed by atoms with Gasteiger partial charge < -0.3 is 27.0 Å². The zero-order valence-corrected chi connectivity index (χ0v) is 22.8. The van der Waals surface area contributed by atoms with Crippen LogP contribution in [0.15, 0.2) is 44.5 Å². The minimum absolute atomic E-state index is 0.0781. The molecular weight excluding hydrogens is 575 g/mol. The maximum atomic E-state index is 13.0. The van der Waals surface area contributed by atoms with E-state index in [2.05, 4.69) is 20.5 Å². The second-order valence-electron chi connectivity index (χ2n) is 8.13. The number of thiazole rings is 1. The Balaban J connectivity index is 1.48. The molecule has 38 heavy (non-hydrogen) atoms. The largest absolute Gasteiger partial charge is 0.477 e. The molecule has 2 aromatic heterocycles. The molecule has 2 aromatic rings. The van der Waals surface area contributed by atoms with Crippen molar-refractivity contribution in [3.8, 4) is 0 Å². The number of anilines is 1. The topological polar surface area (TPSA) is 214 Å². The number of hydrogen-bond donors (Lipinski definition) is 5. The summed E-state index contributed by atoms with van der Waals surface area (Å²) < 4.78 is 0. The summed E-state index contributed by atoms with van der Waals surface area (Å²) >= 11 is 5.12. The van der Waals surface area contributed by atoms with Crippen molar-refractivity contribution in [2.24, 2.45) is 10.9 Å². The number of aliphatic hydroxyl groups excluding tert-OH is 1. The summed E-state index contributed by atoms with van der Waals surface area (Å²) in [5.74, 6) is -1.29. The fourth-order valence-electron chi connectivity index (χ4n) is 3.69. The highest BCUT2D eigenvalue weighted by molar-refractivity contribution is 8.06. The molecule has 2 unspecified atom stereocenters. The number of fused-ring (bicyclic) bond motifs is 1. The van der Waals surface area contributed by atoms with Crippen LogP contribution in [-0.4, -0.2) is 78.4 Å². The van der Waals surface area contributed by atoms with Gasteiger partial charge in [-0.15, -0.1) is 28.0 Å². The number of β-lactam (4-membered cyclic amide) rings is 1. The number of aliphatic hydroxyl groups is 1. The molecule has 13 nitrogen and oxygen atoms in total. The zero-order chi connectivity index (χ0) is 27.4. The van der Waals surface area contributed by atoms with Gasteiger partial charge in [0, 0.05) is 50.9 Å². The van der Waals surface area contributed by atoms with Crippen LogP contribution in [0.1, 0.15) is 17.3 Å². The van der Waals surface area contributed by atoms with E-state index in [9.17, 15) is 24.4 Å². The fourth-order valence-corrected chi connectivity index (χ4v) is 7.91. The predicted molar refractivity (Wildman–Crippen MR) is 146 cm³/mol. The molecule has 4 atom stereocenters. The van der Waals surface area contributed by atoms with Crippen molar-refractivity contribution in [2.75, 3.05) is 23.8 Å². The number of amides is 2. The molecule has 17 heteroatoms. The molecule has 1 saturated heterocycles. The molecule has 4 heterocycles. The minimum atomic E-state index is -1.48. The summed E-state index contributed by atoms with van der Waals surface area (Å²) in [6, 6.07) is -1.07. The maximum absolute atomic E-state index is 13.0. The lowest BCUT2D eigenvalue weighted by Gasteiger charge is -2.49. The molecule has 0 saturated carbocycles. The number of nitrogens with one attached hydrogen (secondary N) is 1. The highest BCUT2D eigenvalue weighted by atomic mass is 32.2. The van der Waals surface area contributed by atoms with Crippen molar-refractivity contribution < 1.29 is 24.6 Å². The van der Waals surface area contributed by atoms with Crippen molar-refractivity contribution in [3.05, 3.63) is 50.6 Å². The third-order valence-corrected chi connectivity index (χ3v) is 10.1. The number of aromatic nitrogens is 2. The average molecular weight is 598 g/mol. The third kappa shape index (κ3) is 5.97. The maximum Gasteiger partial charge on any atom is 0.353 e. The van der Waals surface area contributed by atoms with Gasteiger partial charge >= 0.3 is 5.97 Å². The molecule has 0 radical (unpaired) electrons. The van der Waals surface area contributed by atoms with E-state index < -0.39 is 35.2 Å². The Morgan fingerprint density at radius 2 is 2.18 bits per heavy atom. The van der Waals surface area contributed by atoms with Crippen LogP contribution < -0.4 is 16.8 Å². The number of nitrogens with two attached hydrogens (primary N) is 2. The van der Waals surface area contributed by atoms with Crippen molar-refractivity contribution >= 4 is 69.5 Å². The number of nitrogens with zero attached hydrogens (tertiary/aromatic N) is 4. The molecule has 4 rings (SSSR count). The Kier molecular flexibility index (Phi) is 9.27. The molecule has 7 N–H and O–H groups in total. The minimum Gasteiger partial charge on any atom is -0.477 e. The summed E-state index contributed by atoms with van der Waals surface area (Å²) in [6.07, 6.45) is 3.29. The van der Waals surface area contributed by atoms with E-state index in [1.54, 1.807) is 18.5 Å². The van der Waals surface area contributed by atoms with Gasteiger partial charge in [0.25, 0.3) is 11.8 Å². The van der Waals surface area contributed by atoms with Gasteiger partial charge in [-0.25, -0.2) is 9.78 Å². The summed E-state index contributed by atoms with van der Waals surface area (Å²) in [5, 5.41) is 25.4. The number of carboxylic acid groups (broad SMARTS) is 1. The lowest BCUT2D eigenvalue weighted by molar-refractivity contribution is -0.150. The fraction of sp³-hybridized carbons (Fsp3) is 0.381. The number of nitrogen functional groups attached to an aromatic ring is 1. The number of hydrogen-bond acceptors (Lipinski definition) is 14. The Labute approximate surface area is 233 Å². The molecule has 0 aromatic carbocycles. The lowest BCUT2D eigenvalue weighted by atomic mass is 10.0. The smallest absolute Gasteiger partial charge is 0.353 e. The molecule has 0 bridgehead atoms. The van der Waals surface area contributed by atoms with Crippen LogP contribution in [0.5, 0.6) is 0 Å². The van der Waals surface area contributed by atoms with Gasteiger partial charge in [-0.2, -0.15) is 11.8 Å². The van der Waals surface area contributed by atoms with Gasteiger partial charge in [0.05, 0.1) is 12.3 Å². The van der Waals surface area contributed by atoms with E-state index in [0.29, 0.717) is 16.4 Å². The van der Waals surface area contributed by atoms with Crippen LogP contribution >= 0.6 is 46.6 Å². The third-order valence-electron chi connectivity index (χ3n) is 5.52. The Bertz CT molecular complexity index is 1270. The van der Waals surface area contributed by atoms with Gasteiger partial charge in [-0.05, 0) is 16.8 Å². The van der Waals surface area contributed by atoms with Crippen LogP contribution in [0.3, 0.4) is 0 Å². The SMILES string of the molecule is Nc1nc(C(N=O)C(=O)N[C@@H]2C(=O)N3C(C(=O)O)=C(Sc4ccncc4CSCC(N)CO)CS[C@@H]23)cs1. The molecule has 2 aliphatic heterocycles. The summed E-state index contributed by atoms with van der Waals surface area (Å²) in [7, 11) is 0. The molecule has 0 aliphatic carbocycles. The van der Waals surface area contributed by atoms with Gasteiger partial charge in [0.2, 0.25) is 6.04 Å². The van der Waals surface area contributed by atoms with Crippen molar-refractivity contribution in [2.45, 2.75) is 34.1 Å². The number of nitroso groups, excluding NO2 is 1. The second-order valence-corrected chi connectivity index (χ2v) is 12.3. The van der Waals surface area contributed by atoms with Gasteiger partial charge in [0.15, 0.2) is 5.13 Å². The number of carbonyl (C=O) groups is 3. The first-order valence-corrected chi connectivity index (χ1v) is 14.9. The van der Waals surface area contributed by atoms with Gasteiger partial charge in [-0.3, -0.25) is 19.5 Å². The average Bonchev–Trinajstić information content (AvgIpc) is 3.33. The van der Waals surface area contributed by atoms with Crippen LogP contribution in [0.2, 0.25) is 0 Å². The quantitative estimate of drug-likeness (QED) is 0.171. The van der Waals surface area contributed by atoms with E-state index in [0.717, 1.165) is 26.7 Å². The first-order chi connectivity index (χ1) is 18.2. The van der Waals surface area contributed by atoms with E-state index in [1.807, 2.05) is 0 Å². The Morgan fingerprint density at radius 1 is 1.39 bits per heavy atom. The zero-order valence-electron chi connectivity index (χ0n) is 19.6. The van der Waals surface area contributed by atoms with Crippen molar-refractivity contribution in [1.29, 1.82) is 0 Å². The number of carbonyl (C=O) groups excluding carboxylic acids is 2. The van der Waals surface area contributed by atoms with Crippen LogP contribution in [0.4, 0.5) is 5.13 Å². The number of carboxylic acids is 1. The van der Waals surface area contributed by atoms with E-state index in [4.69, 9.17) is 16.6 Å². The lowest BCUT2D eigenvalue weighted by Crippen LogP contribution is -2.70. The van der Waals surface area contributed by atoms with Crippen LogP contribution in [-0.2, 0) is 20.1 Å². The molecular formula is C21H23N7O6S4. The Morgan fingerprint density at radius 3 is 2.84 bits per heavy atom. The van der Waals surface area contributed by atoms with E-state index >= 15 is 0 Å². The van der Waals surface area contributed by atoms with E-state index in [1.165, 1.54) is 40.7 Å². The predicted octanol–water partition coefficient (Wildman–Crippen LogP) is 0.969. The molecule has 202 valence electrons. The van der Waals surface area contributed by atoms with E-state index in [-0.39, 0.29) is 34.9 Å². The monoisotopic (exact) mass is 597 g/mol. The highest BCUT2D eigenvalue weighted by Crippen LogP contribution is 2.46. The molecule has 1 fully saturated rings. The highest BCUT2D eigenvalue weighted by Gasteiger charge is 2.54. The number of rotatable bonds is 12. The number of pyridine rings is 1. The first-order valence-electron chi connectivity index (χ1n) is 11.0. The van der Waals surface area contributed by atoms with Gasteiger partial charge in [0.1, 0.15) is 17.1 Å². The van der Waals surface area contributed by atoms with Crippen LogP contribution in [0, 0.1) is 4.91 Å². The van der Waals surface area contributed by atoms with Crippen molar-refractivity contribution in [3.63, 3.8) is 0 Å². The summed E-state index contributed by atoms with van der Waals surface area (Å²) in [6.45, 7) is -0.119. The number of thioether (sulfide) groups is 3. The Hall–Kier alpha value is -2.70. The molecule has 2 amide bonds.